The van der Waals surface area contributed by atoms with E-state index in [1.165, 1.54) is 0 Å². The first-order chi connectivity index (χ1) is 10.1. The SMILES string of the molecule is CCOC(=O)C1CC12CN(C(=O)OCc1ccccc1)C2. The van der Waals surface area contributed by atoms with Gasteiger partial charge in [-0.2, -0.15) is 0 Å². The topological polar surface area (TPSA) is 55.8 Å². The highest BCUT2D eigenvalue weighted by molar-refractivity contribution is 5.79. The number of amides is 1. The van der Waals surface area contributed by atoms with Gasteiger partial charge in [-0.25, -0.2) is 4.79 Å². The van der Waals surface area contributed by atoms with Gasteiger partial charge in [-0.15, -0.1) is 0 Å². The summed E-state index contributed by atoms with van der Waals surface area (Å²) in [7, 11) is 0. The van der Waals surface area contributed by atoms with Gasteiger partial charge in [0, 0.05) is 18.5 Å². The number of esters is 1. The molecule has 3 rings (SSSR count). The van der Waals surface area contributed by atoms with Crippen molar-refractivity contribution in [1.29, 1.82) is 0 Å². The number of hydrogen-bond donors (Lipinski definition) is 0. The minimum Gasteiger partial charge on any atom is -0.466 e. The fourth-order valence-corrected chi connectivity index (χ4v) is 2.93. The molecule has 1 unspecified atom stereocenters. The third kappa shape index (κ3) is 2.73. The molecule has 1 atom stereocenters. The highest BCUT2D eigenvalue weighted by Gasteiger charge is 2.66. The smallest absolute Gasteiger partial charge is 0.410 e. The van der Waals surface area contributed by atoms with E-state index in [4.69, 9.17) is 9.47 Å². The summed E-state index contributed by atoms with van der Waals surface area (Å²) in [5.41, 5.74) is 0.940. The molecule has 2 aliphatic rings. The lowest BCUT2D eigenvalue weighted by molar-refractivity contribution is -0.146. The quantitative estimate of drug-likeness (QED) is 0.797. The molecule has 1 aliphatic heterocycles. The van der Waals surface area contributed by atoms with Gasteiger partial charge in [0.05, 0.1) is 12.5 Å². The molecule has 0 radical (unpaired) electrons. The van der Waals surface area contributed by atoms with E-state index in [-0.39, 0.29) is 30.0 Å². The second kappa shape index (κ2) is 5.39. The van der Waals surface area contributed by atoms with Crippen molar-refractivity contribution in [3.8, 4) is 0 Å². The number of ether oxygens (including phenoxy) is 2. The van der Waals surface area contributed by atoms with Crippen molar-refractivity contribution in [1.82, 2.24) is 4.90 Å². The number of carbonyl (C=O) groups excluding carboxylic acids is 2. The van der Waals surface area contributed by atoms with Crippen LogP contribution in [0.2, 0.25) is 0 Å². The monoisotopic (exact) mass is 289 g/mol. The van der Waals surface area contributed by atoms with Crippen LogP contribution in [0.15, 0.2) is 30.3 Å². The number of benzene rings is 1. The molecule has 112 valence electrons. The Morgan fingerprint density at radius 3 is 2.62 bits per heavy atom. The number of hydrogen-bond acceptors (Lipinski definition) is 4. The standard InChI is InChI=1S/C16H19NO4/c1-2-20-14(18)13-8-16(13)10-17(11-16)15(19)21-9-12-6-4-3-5-7-12/h3-7,13H,2,8-11H2,1H3. The first kappa shape index (κ1) is 13.9. The molecule has 0 bridgehead atoms. The maximum atomic E-state index is 11.9. The van der Waals surface area contributed by atoms with Gasteiger partial charge in [0.25, 0.3) is 0 Å². The minimum atomic E-state index is -0.306. The summed E-state index contributed by atoms with van der Waals surface area (Å²) in [4.78, 5) is 25.2. The molecular formula is C16H19NO4. The van der Waals surface area contributed by atoms with E-state index in [0.717, 1.165) is 12.0 Å². The van der Waals surface area contributed by atoms with Crippen molar-refractivity contribution in [3.63, 3.8) is 0 Å². The fourth-order valence-electron chi connectivity index (χ4n) is 2.93. The third-order valence-corrected chi connectivity index (χ3v) is 4.24. The zero-order valence-electron chi connectivity index (χ0n) is 12.1. The Balaban J connectivity index is 1.43. The lowest BCUT2D eigenvalue weighted by atomic mass is 9.94. The number of rotatable bonds is 4. The van der Waals surface area contributed by atoms with E-state index in [0.29, 0.717) is 19.7 Å². The van der Waals surface area contributed by atoms with Crippen molar-refractivity contribution < 1.29 is 19.1 Å². The van der Waals surface area contributed by atoms with Gasteiger partial charge < -0.3 is 14.4 Å². The Hall–Kier alpha value is -2.04. The Bertz CT molecular complexity index is 536. The summed E-state index contributed by atoms with van der Waals surface area (Å²) in [6.45, 7) is 3.70. The predicted molar refractivity (Wildman–Crippen MR) is 75.4 cm³/mol. The Labute approximate surface area is 123 Å². The maximum absolute atomic E-state index is 11.9. The Kier molecular flexibility index (Phi) is 3.57. The van der Waals surface area contributed by atoms with Gasteiger partial charge in [0.1, 0.15) is 6.61 Å². The Morgan fingerprint density at radius 2 is 1.95 bits per heavy atom. The van der Waals surface area contributed by atoms with Crippen LogP contribution in [-0.2, 0) is 20.9 Å². The first-order valence-corrected chi connectivity index (χ1v) is 7.27. The molecular weight excluding hydrogens is 270 g/mol. The van der Waals surface area contributed by atoms with Crippen LogP contribution in [0.4, 0.5) is 4.79 Å². The van der Waals surface area contributed by atoms with Crippen LogP contribution < -0.4 is 0 Å². The normalized spacial score (nSPS) is 21.6. The van der Waals surface area contributed by atoms with Gasteiger partial charge in [0.2, 0.25) is 0 Å². The summed E-state index contributed by atoms with van der Waals surface area (Å²) in [6, 6.07) is 9.59. The highest BCUT2D eigenvalue weighted by atomic mass is 16.6. The summed E-state index contributed by atoms with van der Waals surface area (Å²) in [5, 5.41) is 0. The summed E-state index contributed by atoms with van der Waals surface area (Å²) in [5.74, 6) is -0.162. The van der Waals surface area contributed by atoms with E-state index in [9.17, 15) is 9.59 Å². The van der Waals surface area contributed by atoms with Gasteiger partial charge in [-0.3, -0.25) is 4.79 Å². The van der Waals surface area contributed by atoms with Gasteiger partial charge >= 0.3 is 12.1 Å². The molecule has 1 saturated heterocycles. The van der Waals surface area contributed by atoms with Crippen molar-refractivity contribution in [2.24, 2.45) is 11.3 Å². The van der Waals surface area contributed by atoms with Gasteiger partial charge in [-0.1, -0.05) is 30.3 Å². The fraction of sp³-hybridized carbons (Fsp3) is 0.500. The molecule has 0 N–H and O–H groups in total. The molecule has 1 spiro atoms. The molecule has 21 heavy (non-hydrogen) atoms. The molecule has 5 nitrogen and oxygen atoms in total. The van der Waals surface area contributed by atoms with Crippen LogP contribution >= 0.6 is 0 Å². The minimum absolute atomic E-state index is 0.0297. The zero-order valence-corrected chi connectivity index (χ0v) is 12.1. The lowest BCUT2D eigenvalue weighted by Gasteiger charge is -2.39. The summed E-state index contributed by atoms with van der Waals surface area (Å²) >= 11 is 0. The van der Waals surface area contributed by atoms with Crippen LogP contribution in [-0.4, -0.2) is 36.7 Å². The van der Waals surface area contributed by atoms with E-state index in [1.54, 1.807) is 11.8 Å². The van der Waals surface area contributed by atoms with Crippen LogP contribution in [0, 0.1) is 11.3 Å². The molecule has 0 aromatic heterocycles. The molecule has 2 fully saturated rings. The maximum Gasteiger partial charge on any atom is 0.410 e. The van der Waals surface area contributed by atoms with Crippen molar-refractivity contribution in [2.45, 2.75) is 20.0 Å². The second-order valence-electron chi connectivity index (χ2n) is 5.77. The van der Waals surface area contributed by atoms with Crippen molar-refractivity contribution in [2.75, 3.05) is 19.7 Å². The molecule has 1 aliphatic carbocycles. The summed E-state index contributed by atoms with van der Waals surface area (Å²) in [6.07, 6.45) is 0.521. The summed E-state index contributed by atoms with van der Waals surface area (Å²) < 4.78 is 10.3. The van der Waals surface area contributed by atoms with E-state index in [2.05, 4.69) is 0 Å². The van der Waals surface area contributed by atoms with E-state index >= 15 is 0 Å². The Morgan fingerprint density at radius 1 is 1.24 bits per heavy atom. The van der Waals surface area contributed by atoms with Crippen LogP contribution in [0.1, 0.15) is 18.9 Å². The van der Waals surface area contributed by atoms with E-state index in [1.807, 2.05) is 30.3 Å². The van der Waals surface area contributed by atoms with E-state index < -0.39 is 0 Å². The van der Waals surface area contributed by atoms with Crippen LogP contribution in [0.25, 0.3) is 0 Å². The number of carbonyl (C=O) groups is 2. The average Bonchev–Trinajstić information content (AvgIpc) is 3.20. The molecule has 1 aromatic carbocycles. The third-order valence-electron chi connectivity index (χ3n) is 4.24. The zero-order chi connectivity index (χ0) is 14.9. The molecule has 1 amide bonds. The van der Waals surface area contributed by atoms with Crippen molar-refractivity contribution >= 4 is 12.1 Å². The molecule has 1 aromatic rings. The number of nitrogens with zero attached hydrogens (tertiary/aromatic N) is 1. The lowest BCUT2D eigenvalue weighted by Crippen LogP contribution is -2.53. The predicted octanol–water partition coefficient (Wildman–Crippen LogP) is 2.21. The van der Waals surface area contributed by atoms with Crippen molar-refractivity contribution in [3.05, 3.63) is 35.9 Å². The second-order valence-corrected chi connectivity index (χ2v) is 5.77. The number of likely N-dealkylation sites (tertiary alicyclic amines) is 1. The van der Waals surface area contributed by atoms with Crippen LogP contribution in [0.5, 0.6) is 0 Å². The molecule has 1 heterocycles. The molecule has 5 heteroatoms. The molecule has 1 saturated carbocycles. The largest absolute Gasteiger partial charge is 0.466 e. The van der Waals surface area contributed by atoms with Crippen LogP contribution in [0.3, 0.4) is 0 Å². The average molecular weight is 289 g/mol. The van der Waals surface area contributed by atoms with Gasteiger partial charge in [-0.05, 0) is 18.9 Å². The van der Waals surface area contributed by atoms with Gasteiger partial charge in [0.15, 0.2) is 0 Å². The first-order valence-electron chi connectivity index (χ1n) is 7.27. The highest BCUT2D eigenvalue weighted by Crippen LogP contribution is 2.59.